The van der Waals surface area contributed by atoms with Crippen molar-refractivity contribution in [2.24, 2.45) is 5.92 Å². The molecule has 180 valence electrons. The molecule has 0 saturated carbocycles. The van der Waals surface area contributed by atoms with E-state index in [9.17, 15) is 22.8 Å². The summed E-state index contributed by atoms with van der Waals surface area (Å²) in [5.74, 6) is -0.168. The standard InChI is InChI=1S/C23H29F3N4O2S/c1-16(2)22(19-8-5-13-33-19)27-14-21(32)30-11-9-29(10-12-30)15-20(31)28-18-7-4-3-6-17(18)23(24,25)26/h3-8,13,16,22,27H,9-12,14-15H2,1-2H3,(H,28,31)/t22-/m0/s1. The molecule has 6 nitrogen and oxygen atoms in total. The Morgan fingerprint density at radius 2 is 1.76 bits per heavy atom. The van der Waals surface area contributed by atoms with E-state index in [0.717, 1.165) is 6.07 Å². The highest BCUT2D eigenvalue weighted by molar-refractivity contribution is 7.10. The molecule has 1 saturated heterocycles. The van der Waals surface area contributed by atoms with Crippen LogP contribution in [-0.4, -0.2) is 60.9 Å². The van der Waals surface area contributed by atoms with Gasteiger partial charge in [-0.2, -0.15) is 13.2 Å². The normalized spacial score (nSPS) is 16.1. The molecule has 2 aromatic rings. The van der Waals surface area contributed by atoms with Crippen LogP contribution in [0.15, 0.2) is 41.8 Å². The number of carbonyl (C=O) groups excluding carboxylic acids is 2. The number of halogens is 3. The Kier molecular flexibility index (Phi) is 8.50. The van der Waals surface area contributed by atoms with Crippen LogP contribution in [0.3, 0.4) is 0 Å². The van der Waals surface area contributed by atoms with Gasteiger partial charge < -0.3 is 15.5 Å². The van der Waals surface area contributed by atoms with Gasteiger partial charge in [-0.3, -0.25) is 14.5 Å². The number of piperazine rings is 1. The van der Waals surface area contributed by atoms with Crippen molar-refractivity contribution >= 4 is 28.8 Å². The van der Waals surface area contributed by atoms with Crippen molar-refractivity contribution in [3.05, 3.63) is 52.2 Å². The summed E-state index contributed by atoms with van der Waals surface area (Å²) in [5, 5.41) is 7.74. The van der Waals surface area contributed by atoms with Crippen LogP contribution in [0.1, 0.15) is 30.3 Å². The summed E-state index contributed by atoms with van der Waals surface area (Å²) < 4.78 is 39.3. The molecule has 1 aromatic heterocycles. The molecule has 10 heteroatoms. The second-order valence-corrected chi connectivity index (χ2v) is 9.35. The van der Waals surface area contributed by atoms with Crippen LogP contribution in [0.2, 0.25) is 0 Å². The second kappa shape index (κ2) is 11.1. The van der Waals surface area contributed by atoms with Crippen molar-refractivity contribution in [2.75, 3.05) is 44.6 Å². The molecule has 1 aromatic carbocycles. The average molecular weight is 483 g/mol. The molecule has 0 aliphatic carbocycles. The first-order chi connectivity index (χ1) is 15.6. The Labute approximate surface area is 195 Å². The van der Waals surface area contributed by atoms with Gasteiger partial charge in [-0.15, -0.1) is 11.3 Å². The summed E-state index contributed by atoms with van der Waals surface area (Å²) in [7, 11) is 0. The Bertz CT molecular complexity index is 926. The van der Waals surface area contributed by atoms with E-state index >= 15 is 0 Å². The van der Waals surface area contributed by atoms with Gasteiger partial charge >= 0.3 is 6.18 Å². The fourth-order valence-electron chi connectivity index (χ4n) is 3.83. The second-order valence-electron chi connectivity index (χ2n) is 8.37. The van der Waals surface area contributed by atoms with E-state index in [-0.39, 0.29) is 30.7 Å². The summed E-state index contributed by atoms with van der Waals surface area (Å²) in [5.41, 5.74) is -1.12. The molecule has 1 atom stereocenters. The van der Waals surface area contributed by atoms with Gasteiger partial charge in [-0.1, -0.05) is 32.0 Å². The summed E-state index contributed by atoms with van der Waals surface area (Å²) in [6.45, 7) is 6.33. The van der Waals surface area contributed by atoms with Crippen LogP contribution in [0, 0.1) is 5.92 Å². The smallest absolute Gasteiger partial charge is 0.339 e. The van der Waals surface area contributed by atoms with E-state index in [1.165, 1.54) is 23.1 Å². The maximum atomic E-state index is 13.1. The Hall–Kier alpha value is -2.43. The third kappa shape index (κ3) is 7.02. The number of hydrogen-bond donors (Lipinski definition) is 2. The molecule has 0 unspecified atom stereocenters. The highest BCUT2D eigenvalue weighted by Gasteiger charge is 2.33. The van der Waals surface area contributed by atoms with E-state index in [1.54, 1.807) is 16.2 Å². The number of rotatable bonds is 8. The summed E-state index contributed by atoms with van der Waals surface area (Å²) in [6.07, 6.45) is -4.54. The van der Waals surface area contributed by atoms with Crippen LogP contribution in [0.5, 0.6) is 0 Å². The van der Waals surface area contributed by atoms with Crippen molar-refractivity contribution in [3.63, 3.8) is 0 Å². The monoisotopic (exact) mass is 482 g/mol. The molecule has 2 heterocycles. The van der Waals surface area contributed by atoms with Crippen LogP contribution < -0.4 is 10.6 Å². The zero-order chi connectivity index (χ0) is 24.0. The average Bonchev–Trinajstić information content (AvgIpc) is 3.28. The lowest BCUT2D eigenvalue weighted by molar-refractivity contribution is -0.137. The number of alkyl halides is 3. The van der Waals surface area contributed by atoms with Crippen molar-refractivity contribution < 1.29 is 22.8 Å². The Balaban J connectivity index is 1.45. The summed E-state index contributed by atoms with van der Waals surface area (Å²) in [4.78, 5) is 29.8. The molecular weight excluding hydrogens is 453 g/mol. The van der Waals surface area contributed by atoms with E-state index in [0.29, 0.717) is 32.1 Å². The predicted octanol–water partition coefficient (Wildman–Crippen LogP) is 3.84. The largest absolute Gasteiger partial charge is 0.418 e. The third-order valence-electron chi connectivity index (χ3n) is 5.59. The van der Waals surface area contributed by atoms with Gasteiger partial charge in [-0.05, 0) is 29.5 Å². The number of hydrogen-bond acceptors (Lipinski definition) is 5. The third-order valence-corrected chi connectivity index (χ3v) is 6.54. The first kappa shape index (κ1) is 25.2. The van der Waals surface area contributed by atoms with E-state index in [2.05, 4.69) is 30.5 Å². The topological polar surface area (TPSA) is 64.7 Å². The molecule has 1 aliphatic rings. The molecule has 0 bridgehead atoms. The van der Waals surface area contributed by atoms with Crippen molar-refractivity contribution in [2.45, 2.75) is 26.1 Å². The van der Waals surface area contributed by atoms with Crippen molar-refractivity contribution in [1.82, 2.24) is 15.1 Å². The summed E-state index contributed by atoms with van der Waals surface area (Å²) in [6, 6.07) is 9.08. The van der Waals surface area contributed by atoms with Crippen LogP contribution in [0.25, 0.3) is 0 Å². The fraction of sp³-hybridized carbons (Fsp3) is 0.478. The lowest BCUT2D eigenvalue weighted by Gasteiger charge is -2.35. The van der Waals surface area contributed by atoms with Gasteiger partial charge in [0.1, 0.15) is 0 Å². The number of anilines is 1. The van der Waals surface area contributed by atoms with Crippen molar-refractivity contribution in [3.8, 4) is 0 Å². The molecule has 0 radical (unpaired) electrons. The van der Waals surface area contributed by atoms with E-state index in [1.807, 2.05) is 16.3 Å². The number of carbonyl (C=O) groups is 2. The van der Waals surface area contributed by atoms with Crippen molar-refractivity contribution in [1.29, 1.82) is 0 Å². The minimum Gasteiger partial charge on any atom is -0.339 e. The van der Waals surface area contributed by atoms with Crippen LogP contribution >= 0.6 is 11.3 Å². The lowest BCUT2D eigenvalue weighted by Crippen LogP contribution is -2.52. The van der Waals surface area contributed by atoms with E-state index in [4.69, 9.17) is 0 Å². The van der Waals surface area contributed by atoms with Gasteiger partial charge in [0.25, 0.3) is 0 Å². The number of nitrogens with one attached hydrogen (secondary N) is 2. The maximum absolute atomic E-state index is 13.1. The number of thiophene rings is 1. The van der Waals surface area contributed by atoms with Crippen LogP contribution in [0.4, 0.5) is 18.9 Å². The highest BCUT2D eigenvalue weighted by atomic mass is 32.1. The Morgan fingerprint density at radius 3 is 2.36 bits per heavy atom. The number of amides is 2. The zero-order valence-electron chi connectivity index (χ0n) is 18.7. The Morgan fingerprint density at radius 1 is 1.06 bits per heavy atom. The van der Waals surface area contributed by atoms with Gasteiger partial charge in [0.15, 0.2) is 0 Å². The zero-order valence-corrected chi connectivity index (χ0v) is 19.5. The van der Waals surface area contributed by atoms with Gasteiger partial charge in [-0.25, -0.2) is 0 Å². The molecule has 3 rings (SSSR count). The van der Waals surface area contributed by atoms with Gasteiger partial charge in [0.05, 0.1) is 24.3 Å². The molecular formula is C23H29F3N4O2S. The van der Waals surface area contributed by atoms with Gasteiger partial charge in [0.2, 0.25) is 11.8 Å². The SMILES string of the molecule is CC(C)[C@H](NCC(=O)N1CCN(CC(=O)Nc2ccccc2C(F)(F)F)CC1)c1cccs1. The minimum absolute atomic E-state index is 0.000382. The molecule has 1 aliphatic heterocycles. The lowest BCUT2D eigenvalue weighted by atomic mass is 10.0. The first-order valence-electron chi connectivity index (χ1n) is 10.9. The summed E-state index contributed by atoms with van der Waals surface area (Å²) >= 11 is 1.66. The maximum Gasteiger partial charge on any atom is 0.418 e. The highest BCUT2D eigenvalue weighted by Crippen LogP contribution is 2.34. The van der Waals surface area contributed by atoms with E-state index < -0.39 is 17.6 Å². The molecule has 2 amide bonds. The molecule has 2 N–H and O–H groups in total. The molecule has 1 fully saturated rings. The number of benzene rings is 1. The molecule has 33 heavy (non-hydrogen) atoms. The van der Waals surface area contributed by atoms with Gasteiger partial charge in [0, 0.05) is 37.1 Å². The quantitative estimate of drug-likeness (QED) is 0.600. The first-order valence-corrected chi connectivity index (χ1v) is 11.8. The fourth-order valence-corrected chi connectivity index (χ4v) is 4.80. The minimum atomic E-state index is -4.54. The van der Waals surface area contributed by atoms with Crippen LogP contribution in [-0.2, 0) is 15.8 Å². The molecule has 0 spiro atoms. The predicted molar refractivity (Wildman–Crippen MR) is 123 cm³/mol. The number of nitrogens with zero attached hydrogens (tertiary/aromatic N) is 2. The number of para-hydroxylation sites is 1.